The van der Waals surface area contributed by atoms with E-state index in [-0.39, 0.29) is 4.69 Å². The van der Waals surface area contributed by atoms with Gasteiger partial charge < -0.3 is 4.74 Å². The van der Waals surface area contributed by atoms with E-state index in [0.717, 1.165) is 24.3 Å². The third-order valence-corrected chi connectivity index (χ3v) is 2.37. The summed E-state index contributed by atoms with van der Waals surface area (Å²) >= 11 is 2.91. The van der Waals surface area contributed by atoms with Crippen molar-refractivity contribution in [3.63, 3.8) is 0 Å². The van der Waals surface area contributed by atoms with Gasteiger partial charge in [-0.3, -0.25) is 4.79 Å². The maximum atomic E-state index is 10.9. The fraction of sp³-hybridized carbons (Fsp3) is 0.222. The van der Waals surface area contributed by atoms with Crippen molar-refractivity contribution in [2.45, 2.75) is 6.42 Å². The van der Waals surface area contributed by atoms with Crippen LogP contribution in [0.3, 0.4) is 0 Å². The first-order chi connectivity index (χ1) is 5.77. The van der Waals surface area contributed by atoms with Crippen molar-refractivity contribution in [1.82, 2.24) is 0 Å². The first-order valence-corrected chi connectivity index (χ1v) is 4.52. The number of hydrogen-bond acceptors (Lipinski definition) is 2. The van der Waals surface area contributed by atoms with Gasteiger partial charge in [0.1, 0.15) is 5.75 Å². The number of rotatable bonds is 1. The highest BCUT2D eigenvalue weighted by atomic mass is 79.9. The number of hydrogen-bond donors (Lipinski definition) is 0. The average Bonchev–Trinajstić information content (AvgIpc) is 2.49. The van der Waals surface area contributed by atoms with E-state index in [4.69, 9.17) is 4.74 Å². The van der Waals surface area contributed by atoms with Gasteiger partial charge in [0, 0.05) is 12.0 Å². The molecule has 0 unspecified atom stereocenters. The predicted octanol–water partition coefficient (Wildman–Crippen LogP) is 2.16. The summed E-state index contributed by atoms with van der Waals surface area (Å²) in [5.41, 5.74) is 1.82. The molecule has 0 radical (unpaired) electrons. The SMILES string of the molecule is O=C(Br)c1ccc2c(c1)CCO2. The summed E-state index contributed by atoms with van der Waals surface area (Å²) in [5, 5.41) is 0. The van der Waals surface area contributed by atoms with Crippen LogP contribution in [0.25, 0.3) is 0 Å². The second-order valence-corrected chi connectivity index (χ2v) is 3.41. The van der Waals surface area contributed by atoms with Gasteiger partial charge in [0.2, 0.25) is 4.69 Å². The van der Waals surface area contributed by atoms with Gasteiger partial charge in [-0.05, 0) is 39.7 Å². The molecular formula is C9H7BrO2. The highest BCUT2D eigenvalue weighted by Gasteiger charge is 2.13. The van der Waals surface area contributed by atoms with Gasteiger partial charge in [-0.15, -0.1) is 0 Å². The third kappa shape index (κ3) is 1.25. The van der Waals surface area contributed by atoms with Crippen molar-refractivity contribution in [2.24, 2.45) is 0 Å². The number of benzene rings is 1. The minimum absolute atomic E-state index is 0.0720. The number of carbonyl (C=O) groups is 1. The molecule has 1 aliphatic heterocycles. The van der Waals surface area contributed by atoms with Crippen LogP contribution in [0.2, 0.25) is 0 Å². The number of fused-ring (bicyclic) bond motifs is 1. The first-order valence-electron chi connectivity index (χ1n) is 3.73. The number of ether oxygens (including phenoxy) is 1. The van der Waals surface area contributed by atoms with Crippen molar-refractivity contribution in [3.8, 4) is 5.75 Å². The maximum absolute atomic E-state index is 10.9. The van der Waals surface area contributed by atoms with Crippen molar-refractivity contribution in [2.75, 3.05) is 6.61 Å². The second-order valence-electron chi connectivity index (χ2n) is 2.69. The van der Waals surface area contributed by atoms with Crippen LogP contribution in [-0.2, 0) is 6.42 Å². The van der Waals surface area contributed by atoms with Gasteiger partial charge in [0.05, 0.1) is 6.61 Å². The summed E-state index contributed by atoms with van der Waals surface area (Å²) in [7, 11) is 0. The molecule has 1 aliphatic rings. The smallest absolute Gasteiger partial charge is 0.228 e. The molecule has 1 aromatic rings. The number of halogens is 1. The van der Waals surface area contributed by atoms with E-state index >= 15 is 0 Å². The van der Waals surface area contributed by atoms with E-state index in [0.29, 0.717) is 5.56 Å². The molecule has 2 nitrogen and oxygen atoms in total. The molecule has 0 saturated heterocycles. The summed E-state index contributed by atoms with van der Waals surface area (Å²) in [6, 6.07) is 5.48. The zero-order valence-electron chi connectivity index (χ0n) is 6.34. The molecular weight excluding hydrogens is 220 g/mol. The van der Waals surface area contributed by atoms with Crippen LogP contribution >= 0.6 is 15.9 Å². The van der Waals surface area contributed by atoms with E-state index < -0.39 is 0 Å². The molecule has 0 aliphatic carbocycles. The number of carbonyl (C=O) groups excluding carboxylic acids is 1. The van der Waals surface area contributed by atoms with E-state index in [1.54, 1.807) is 6.07 Å². The van der Waals surface area contributed by atoms with Crippen molar-refractivity contribution in [1.29, 1.82) is 0 Å². The van der Waals surface area contributed by atoms with E-state index in [1.165, 1.54) is 0 Å². The van der Waals surface area contributed by atoms with E-state index in [9.17, 15) is 4.79 Å². The van der Waals surface area contributed by atoms with Gasteiger partial charge in [0.15, 0.2) is 0 Å². The molecule has 0 atom stereocenters. The van der Waals surface area contributed by atoms with Crippen LogP contribution in [0, 0.1) is 0 Å². The van der Waals surface area contributed by atoms with Gasteiger partial charge in [-0.25, -0.2) is 0 Å². The van der Waals surface area contributed by atoms with E-state index in [1.807, 2.05) is 12.1 Å². The lowest BCUT2D eigenvalue weighted by Crippen LogP contribution is -1.88. The monoisotopic (exact) mass is 226 g/mol. The molecule has 0 bridgehead atoms. The lowest BCUT2D eigenvalue weighted by Gasteiger charge is -1.98. The Labute approximate surface area is 78.7 Å². The molecule has 12 heavy (non-hydrogen) atoms. The zero-order chi connectivity index (χ0) is 8.55. The summed E-state index contributed by atoms with van der Waals surface area (Å²) in [4.78, 5) is 10.9. The van der Waals surface area contributed by atoms with E-state index in [2.05, 4.69) is 15.9 Å². The summed E-state index contributed by atoms with van der Waals surface area (Å²) in [6.45, 7) is 0.731. The quantitative estimate of drug-likeness (QED) is 0.687. The first kappa shape index (κ1) is 7.80. The summed E-state index contributed by atoms with van der Waals surface area (Å²) < 4.78 is 5.23. The highest BCUT2D eigenvalue weighted by molar-refractivity contribution is 9.18. The molecule has 0 aromatic heterocycles. The minimum atomic E-state index is -0.0720. The molecule has 0 fully saturated rings. The second kappa shape index (κ2) is 2.90. The molecule has 3 heteroatoms. The fourth-order valence-electron chi connectivity index (χ4n) is 1.31. The van der Waals surface area contributed by atoms with Crippen molar-refractivity contribution >= 4 is 20.6 Å². The van der Waals surface area contributed by atoms with Crippen molar-refractivity contribution in [3.05, 3.63) is 29.3 Å². The Hall–Kier alpha value is -0.830. The van der Waals surface area contributed by atoms with Gasteiger partial charge in [0.25, 0.3) is 0 Å². The molecule has 62 valence electrons. The fourth-order valence-corrected chi connectivity index (χ4v) is 1.56. The lowest BCUT2D eigenvalue weighted by molar-refractivity contribution is 0.109. The van der Waals surface area contributed by atoms with Crippen LogP contribution in [0.15, 0.2) is 18.2 Å². The third-order valence-electron chi connectivity index (χ3n) is 1.92. The minimum Gasteiger partial charge on any atom is -0.493 e. The molecule has 0 spiro atoms. The topological polar surface area (TPSA) is 26.3 Å². The van der Waals surface area contributed by atoms with Gasteiger partial charge in [-0.1, -0.05) is 0 Å². The lowest BCUT2D eigenvalue weighted by atomic mass is 10.1. The average molecular weight is 227 g/mol. The van der Waals surface area contributed by atoms with Crippen LogP contribution in [-0.4, -0.2) is 11.3 Å². The Balaban J connectivity index is 2.45. The largest absolute Gasteiger partial charge is 0.493 e. The van der Waals surface area contributed by atoms with Crippen LogP contribution in [0.5, 0.6) is 5.75 Å². The van der Waals surface area contributed by atoms with Gasteiger partial charge in [-0.2, -0.15) is 0 Å². The Morgan fingerprint density at radius 3 is 3.08 bits per heavy atom. The van der Waals surface area contributed by atoms with Crippen LogP contribution < -0.4 is 4.74 Å². The normalized spacial score (nSPS) is 13.8. The molecule has 1 heterocycles. The van der Waals surface area contributed by atoms with Gasteiger partial charge >= 0.3 is 0 Å². The molecule has 0 saturated carbocycles. The standard InChI is InChI=1S/C9H7BrO2/c10-9(11)7-1-2-8-6(5-7)3-4-12-8/h1-2,5H,3-4H2. The highest BCUT2D eigenvalue weighted by Crippen LogP contribution is 2.26. The Morgan fingerprint density at radius 1 is 1.50 bits per heavy atom. The summed E-state index contributed by atoms with van der Waals surface area (Å²) in [6.07, 6.45) is 0.906. The Kier molecular flexibility index (Phi) is 1.89. The Morgan fingerprint density at radius 2 is 2.33 bits per heavy atom. The molecule has 1 aromatic carbocycles. The zero-order valence-corrected chi connectivity index (χ0v) is 7.93. The predicted molar refractivity (Wildman–Crippen MR) is 48.9 cm³/mol. The molecule has 2 rings (SSSR count). The Bertz CT molecular complexity index is 333. The maximum Gasteiger partial charge on any atom is 0.228 e. The van der Waals surface area contributed by atoms with Crippen LogP contribution in [0.1, 0.15) is 15.9 Å². The molecule has 0 amide bonds. The summed E-state index contributed by atoms with van der Waals surface area (Å²) in [5.74, 6) is 0.910. The van der Waals surface area contributed by atoms with Crippen LogP contribution in [0.4, 0.5) is 0 Å². The van der Waals surface area contributed by atoms with Crippen molar-refractivity contribution < 1.29 is 9.53 Å². The molecule has 0 N–H and O–H groups in total.